The largest absolute Gasteiger partial charge is 0.292 e. The van der Waals surface area contributed by atoms with E-state index in [2.05, 4.69) is 0 Å². The molecule has 2 aromatic carbocycles. The zero-order valence-corrected chi connectivity index (χ0v) is 19.5. The van der Waals surface area contributed by atoms with Crippen LogP contribution in [0.2, 0.25) is 10.0 Å². The lowest BCUT2D eigenvalue weighted by atomic mass is 9.81. The number of hydrazine groups is 1. The number of carbonyl (C=O) groups is 4. The number of imide groups is 1. The normalized spacial score (nSPS) is 25.5. The summed E-state index contributed by atoms with van der Waals surface area (Å²) in [5, 5.41) is 2.32. The summed E-state index contributed by atoms with van der Waals surface area (Å²) in [7, 11) is 0. The number of amides is 3. The molecule has 8 heteroatoms. The number of halogens is 2. The average Bonchev–Trinajstić information content (AvgIpc) is 3.46. The molecule has 2 bridgehead atoms. The number of benzene rings is 2. The van der Waals surface area contributed by atoms with E-state index in [0.717, 1.165) is 34.8 Å². The topological polar surface area (TPSA) is 74.8 Å². The molecule has 6 nitrogen and oxygen atoms in total. The summed E-state index contributed by atoms with van der Waals surface area (Å²) >= 11 is 12.2. The number of fused-ring (bicyclic) bond motifs is 5. The summed E-state index contributed by atoms with van der Waals surface area (Å²) < 4.78 is 0. The number of nitrogens with zero attached hydrogens (tertiary/aromatic N) is 2. The second-order valence-corrected chi connectivity index (χ2v) is 9.99. The van der Waals surface area contributed by atoms with Crippen molar-refractivity contribution in [3.05, 3.63) is 69.2 Å². The van der Waals surface area contributed by atoms with Gasteiger partial charge in [-0.1, -0.05) is 53.0 Å². The van der Waals surface area contributed by atoms with E-state index in [9.17, 15) is 19.2 Å². The first-order valence-corrected chi connectivity index (χ1v) is 11.8. The molecule has 0 spiro atoms. The van der Waals surface area contributed by atoms with Crippen LogP contribution < -0.4 is 0 Å². The Balaban J connectivity index is 1.52. The Kier molecular flexibility index (Phi) is 5.53. The fourth-order valence-corrected chi connectivity index (χ4v) is 6.12. The van der Waals surface area contributed by atoms with E-state index in [1.165, 1.54) is 18.2 Å². The van der Waals surface area contributed by atoms with Gasteiger partial charge in [0.15, 0.2) is 5.78 Å². The van der Waals surface area contributed by atoms with Crippen molar-refractivity contribution < 1.29 is 19.2 Å². The van der Waals surface area contributed by atoms with Crippen molar-refractivity contribution in [3.63, 3.8) is 0 Å². The maximum atomic E-state index is 13.6. The Morgan fingerprint density at radius 2 is 1.58 bits per heavy atom. The molecule has 5 rings (SSSR count). The molecule has 4 atom stereocenters. The van der Waals surface area contributed by atoms with Gasteiger partial charge in [0, 0.05) is 10.6 Å². The van der Waals surface area contributed by atoms with Crippen LogP contribution in [0, 0.1) is 30.6 Å². The van der Waals surface area contributed by atoms with Crippen LogP contribution in [-0.2, 0) is 9.59 Å². The van der Waals surface area contributed by atoms with Crippen molar-refractivity contribution in [3.8, 4) is 0 Å². The minimum absolute atomic E-state index is 0.0680. The third kappa shape index (κ3) is 3.65. The highest BCUT2D eigenvalue weighted by Gasteiger charge is 2.62. The number of rotatable bonds is 5. The fourth-order valence-electron chi connectivity index (χ4n) is 5.63. The average molecular weight is 485 g/mol. The van der Waals surface area contributed by atoms with Crippen LogP contribution in [0.4, 0.5) is 0 Å². The van der Waals surface area contributed by atoms with Crippen molar-refractivity contribution in [2.75, 3.05) is 6.54 Å². The fraction of sp³-hybridized carbons (Fsp3) is 0.360. The summed E-state index contributed by atoms with van der Waals surface area (Å²) in [5.74, 6) is -2.38. The Bertz CT molecular complexity index is 1150. The van der Waals surface area contributed by atoms with Crippen molar-refractivity contribution in [1.29, 1.82) is 0 Å². The molecule has 0 unspecified atom stereocenters. The number of hydrogen-bond acceptors (Lipinski definition) is 4. The Labute approximate surface area is 201 Å². The molecule has 0 N–H and O–H groups in total. The Morgan fingerprint density at radius 3 is 2.15 bits per heavy atom. The van der Waals surface area contributed by atoms with Gasteiger partial charge < -0.3 is 0 Å². The van der Waals surface area contributed by atoms with Crippen LogP contribution in [0.1, 0.15) is 45.5 Å². The summed E-state index contributed by atoms with van der Waals surface area (Å²) in [5.41, 5.74) is 1.44. The minimum Gasteiger partial charge on any atom is -0.292 e. The maximum absolute atomic E-state index is 13.6. The first kappa shape index (κ1) is 22.1. The van der Waals surface area contributed by atoms with Gasteiger partial charge in [0.05, 0.1) is 22.4 Å². The van der Waals surface area contributed by atoms with E-state index in [-0.39, 0.29) is 28.2 Å². The van der Waals surface area contributed by atoms with Crippen molar-refractivity contribution >= 4 is 46.7 Å². The Morgan fingerprint density at radius 1 is 0.970 bits per heavy atom. The maximum Gasteiger partial charge on any atom is 0.274 e. The number of aryl methyl sites for hydroxylation is 1. The zero-order chi connectivity index (χ0) is 23.4. The lowest BCUT2D eigenvalue weighted by Crippen LogP contribution is -2.52. The van der Waals surface area contributed by atoms with Crippen molar-refractivity contribution in [2.24, 2.45) is 23.7 Å². The lowest BCUT2D eigenvalue weighted by molar-refractivity contribution is -0.154. The molecule has 1 aliphatic heterocycles. The highest BCUT2D eigenvalue weighted by Crippen LogP contribution is 2.56. The third-order valence-electron chi connectivity index (χ3n) is 7.21. The molecular weight excluding hydrogens is 463 g/mol. The smallest absolute Gasteiger partial charge is 0.274 e. The van der Waals surface area contributed by atoms with E-state index >= 15 is 0 Å². The molecule has 170 valence electrons. The number of hydrogen-bond donors (Lipinski definition) is 0. The Hall–Kier alpha value is -2.70. The van der Waals surface area contributed by atoms with E-state index < -0.39 is 36.1 Å². The van der Waals surface area contributed by atoms with Gasteiger partial charge in [0.2, 0.25) is 0 Å². The predicted octanol–water partition coefficient (Wildman–Crippen LogP) is 4.57. The molecule has 3 aliphatic rings. The van der Waals surface area contributed by atoms with Gasteiger partial charge in [-0.25, -0.2) is 5.01 Å². The van der Waals surface area contributed by atoms with Gasteiger partial charge in [-0.15, -0.1) is 0 Å². The summed E-state index contributed by atoms with van der Waals surface area (Å²) in [6, 6.07) is 11.3. The number of ketones is 1. The SMILES string of the molecule is Cc1ccc(C(=O)CN(C(=O)c2ccc(Cl)cc2Cl)N2C(=O)[C@@H]3[C@H]4CC[C@@H](C4)[C@H]3C2=O)cc1. The molecule has 1 heterocycles. The standard InChI is InChI=1S/C25H22Cl2N2O4/c1-13-2-4-14(5-3-13)20(30)12-28(23(31)18-9-8-17(26)11-19(18)27)29-24(32)21-15-6-7-16(10-15)22(21)25(29)33/h2-5,8-9,11,15-16,21-22H,6-7,10,12H2,1H3/t15-,16-,21+,22+/m0/s1. The molecular formula is C25H22Cl2N2O4. The zero-order valence-electron chi connectivity index (χ0n) is 18.0. The molecule has 1 saturated heterocycles. The molecule has 2 saturated carbocycles. The van der Waals surface area contributed by atoms with Gasteiger partial charge in [-0.2, -0.15) is 5.01 Å². The molecule has 2 aliphatic carbocycles. The van der Waals surface area contributed by atoms with Crippen molar-refractivity contribution in [2.45, 2.75) is 26.2 Å². The van der Waals surface area contributed by atoms with Crippen LogP contribution in [0.25, 0.3) is 0 Å². The second-order valence-electron chi connectivity index (χ2n) is 9.15. The highest BCUT2D eigenvalue weighted by atomic mass is 35.5. The molecule has 0 radical (unpaired) electrons. The van der Waals surface area contributed by atoms with Gasteiger partial charge in [0.1, 0.15) is 6.54 Å². The monoisotopic (exact) mass is 484 g/mol. The minimum atomic E-state index is -0.689. The van der Waals surface area contributed by atoms with Crippen LogP contribution in [-0.4, -0.2) is 40.1 Å². The van der Waals surface area contributed by atoms with E-state index in [0.29, 0.717) is 10.6 Å². The first-order chi connectivity index (χ1) is 15.8. The second kappa shape index (κ2) is 8.26. The highest BCUT2D eigenvalue weighted by molar-refractivity contribution is 6.36. The summed E-state index contributed by atoms with van der Waals surface area (Å²) in [4.78, 5) is 53.5. The van der Waals surface area contributed by atoms with Gasteiger partial charge in [0.25, 0.3) is 17.7 Å². The van der Waals surface area contributed by atoms with Gasteiger partial charge in [-0.05, 0) is 56.2 Å². The van der Waals surface area contributed by atoms with E-state index in [4.69, 9.17) is 23.2 Å². The van der Waals surface area contributed by atoms with Crippen LogP contribution in [0.5, 0.6) is 0 Å². The number of Topliss-reactive ketones (excluding diaryl/α,β-unsaturated/α-hetero) is 1. The van der Waals surface area contributed by atoms with E-state index in [1.807, 2.05) is 6.92 Å². The van der Waals surface area contributed by atoms with E-state index in [1.54, 1.807) is 24.3 Å². The predicted molar refractivity (Wildman–Crippen MR) is 123 cm³/mol. The first-order valence-electron chi connectivity index (χ1n) is 11.0. The molecule has 2 aromatic rings. The molecule has 3 amide bonds. The van der Waals surface area contributed by atoms with Crippen molar-refractivity contribution in [1.82, 2.24) is 10.0 Å². The van der Waals surface area contributed by atoms with Crippen LogP contribution in [0.15, 0.2) is 42.5 Å². The molecule has 0 aromatic heterocycles. The quantitative estimate of drug-likeness (QED) is 0.459. The number of carbonyl (C=O) groups excluding carboxylic acids is 4. The van der Waals surface area contributed by atoms with Crippen LogP contribution >= 0.6 is 23.2 Å². The van der Waals surface area contributed by atoms with Crippen LogP contribution in [0.3, 0.4) is 0 Å². The molecule has 3 fully saturated rings. The van der Waals surface area contributed by atoms with Gasteiger partial charge in [-0.3, -0.25) is 19.2 Å². The summed E-state index contributed by atoms with van der Waals surface area (Å²) in [6.45, 7) is 1.45. The van der Waals surface area contributed by atoms with Gasteiger partial charge >= 0.3 is 0 Å². The third-order valence-corrected chi connectivity index (χ3v) is 7.76. The molecule has 33 heavy (non-hydrogen) atoms. The summed E-state index contributed by atoms with van der Waals surface area (Å²) in [6.07, 6.45) is 2.70. The lowest BCUT2D eigenvalue weighted by Gasteiger charge is -2.31.